The van der Waals surface area contributed by atoms with Crippen LogP contribution in [-0.4, -0.2) is 23.3 Å². The predicted octanol–water partition coefficient (Wildman–Crippen LogP) is 2.72. The molecule has 0 unspecified atom stereocenters. The van der Waals surface area contributed by atoms with E-state index in [1.807, 2.05) is 24.4 Å². The molecule has 0 spiro atoms. The molecule has 5 heteroatoms. The third kappa shape index (κ3) is 2.93. The molecule has 2 N–H and O–H groups in total. The maximum absolute atomic E-state index is 11.0. The number of rotatable bonds is 4. The van der Waals surface area contributed by atoms with Crippen molar-refractivity contribution >= 4 is 40.0 Å². The summed E-state index contributed by atoms with van der Waals surface area (Å²) in [5.41, 5.74) is 2.17. The SMILES string of the molecule is O=C(CCl)NCCc1c[nH]c2cc(Cl)ccc12. The van der Waals surface area contributed by atoms with Gasteiger partial charge in [0.15, 0.2) is 0 Å². The van der Waals surface area contributed by atoms with Gasteiger partial charge in [0.1, 0.15) is 5.88 Å². The Morgan fingerprint density at radius 3 is 3.00 bits per heavy atom. The molecule has 0 aliphatic carbocycles. The monoisotopic (exact) mass is 270 g/mol. The van der Waals surface area contributed by atoms with Crippen molar-refractivity contribution in [2.24, 2.45) is 0 Å². The maximum atomic E-state index is 11.0. The first-order valence-corrected chi connectivity index (χ1v) is 6.20. The second kappa shape index (κ2) is 5.43. The average molecular weight is 271 g/mol. The maximum Gasteiger partial charge on any atom is 0.234 e. The summed E-state index contributed by atoms with van der Waals surface area (Å²) in [6.45, 7) is 0.584. The van der Waals surface area contributed by atoms with Crippen LogP contribution in [0.15, 0.2) is 24.4 Å². The first-order chi connectivity index (χ1) is 8.20. The van der Waals surface area contributed by atoms with Gasteiger partial charge in [0, 0.05) is 28.7 Å². The van der Waals surface area contributed by atoms with Gasteiger partial charge < -0.3 is 10.3 Å². The van der Waals surface area contributed by atoms with Crippen molar-refractivity contribution in [2.75, 3.05) is 12.4 Å². The third-order valence-corrected chi connectivity index (χ3v) is 3.05. The summed E-state index contributed by atoms with van der Waals surface area (Å²) in [5, 5.41) is 4.58. The van der Waals surface area contributed by atoms with E-state index in [0.717, 1.165) is 22.9 Å². The second-order valence-corrected chi connectivity index (χ2v) is 4.44. The number of carbonyl (C=O) groups is 1. The topological polar surface area (TPSA) is 44.9 Å². The van der Waals surface area contributed by atoms with Gasteiger partial charge >= 0.3 is 0 Å². The normalized spacial score (nSPS) is 10.7. The lowest BCUT2D eigenvalue weighted by Crippen LogP contribution is -2.26. The Labute approximate surface area is 109 Å². The summed E-state index contributed by atoms with van der Waals surface area (Å²) in [6.07, 6.45) is 2.71. The van der Waals surface area contributed by atoms with Crippen LogP contribution >= 0.6 is 23.2 Å². The van der Waals surface area contributed by atoms with Gasteiger partial charge in [-0.2, -0.15) is 0 Å². The van der Waals surface area contributed by atoms with Crippen molar-refractivity contribution in [1.29, 1.82) is 0 Å². The Morgan fingerprint density at radius 2 is 2.24 bits per heavy atom. The quantitative estimate of drug-likeness (QED) is 0.825. The van der Waals surface area contributed by atoms with Crippen molar-refractivity contribution < 1.29 is 4.79 Å². The standard InChI is InChI=1S/C12H12Cl2N2O/c13-6-12(17)15-4-3-8-7-16-11-5-9(14)1-2-10(8)11/h1-2,5,7,16H,3-4,6H2,(H,15,17). The summed E-state index contributed by atoms with van der Waals surface area (Å²) >= 11 is 11.3. The van der Waals surface area contributed by atoms with Crippen LogP contribution < -0.4 is 5.32 Å². The number of hydrogen-bond acceptors (Lipinski definition) is 1. The largest absolute Gasteiger partial charge is 0.361 e. The van der Waals surface area contributed by atoms with Crippen molar-refractivity contribution in [2.45, 2.75) is 6.42 Å². The van der Waals surface area contributed by atoms with Crippen LogP contribution in [0.4, 0.5) is 0 Å². The number of fused-ring (bicyclic) bond motifs is 1. The van der Waals surface area contributed by atoms with Gasteiger partial charge in [0.25, 0.3) is 0 Å². The molecule has 0 fully saturated rings. The van der Waals surface area contributed by atoms with Gasteiger partial charge in [-0.25, -0.2) is 0 Å². The number of alkyl halides is 1. The fourth-order valence-corrected chi connectivity index (χ4v) is 2.02. The number of amides is 1. The molecule has 1 aromatic heterocycles. The van der Waals surface area contributed by atoms with Gasteiger partial charge in [-0.05, 0) is 24.1 Å². The molecule has 1 amide bonds. The summed E-state index contributed by atoms with van der Waals surface area (Å²) < 4.78 is 0. The lowest BCUT2D eigenvalue weighted by Gasteiger charge is -2.02. The Kier molecular flexibility index (Phi) is 3.92. The third-order valence-electron chi connectivity index (χ3n) is 2.57. The minimum absolute atomic E-state index is 0.00346. The second-order valence-electron chi connectivity index (χ2n) is 3.74. The zero-order valence-electron chi connectivity index (χ0n) is 9.09. The number of aromatic nitrogens is 1. The molecular formula is C12H12Cl2N2O. The fourth-order valence-electron chi connectivity index (χ4n) is 1.75. The molecule has 17 heavy (non-hydrogen) atoms. The number of benzene rings is 1. The molecule has 0 bridgehead atoms. The molecule has 2 aromatic rings. The number of halogens is 2. The molecule has 0 saturated carbocycles. The van der Waals surface area contributed by atoms with Crippen molar-refractivity contribution in [3.8, 4) is 0 Å². The van der Waals surface area contributed by atoms with Gasteiger partial charge in [-0.1, -0.05) is 17.7 Å². The van der Waals surface area contributed by atoms with E-state index in [1.54, 1.807) is 0 Å². The highest BCUT2D eigenvalue weighted by Crippen LogP contribution is 2.22. The molecule has 0 aliphatic heterocycles. The van der Waals surface area contributed by atoms with E-state index in [-0.39, 0.29) is 11.8 Å². The Bertz CT molecular complexity index is 536. The molecule has 1 aromatic carbocycles. The molecule has 0 aliphatic rings. The highest BCUT2D eigenvalue weighted by Gasteiger charge is 2.04. The smallest absolute Gasteiger partial charge is 0.234 e. The van der Waals surface area contributed by atoms with Gasteiger partial charge in [0.2, 0.25) is 5.91 Å². The number of H-pyrrole nitrogens is 1. The van der Waals surface area contributed by atoms with E-state index in [4.69, 9.17) is 23.2 Å². The summed E-state index contributed by atoms with van der Waals surface area (Å²) in [6, 6.07) is 5.73. The minimum atomic E-state index is -0.144. The first kappa shape index (κ1) is 12.3. The van der Waals surface area contributed by atoms with Gasteiger partial charge in [-0.15, -0.1) is 11.6 Å². The van der Waals surface area contributed by atoms with E-state index < -0.39 is 0 Å². The van der Waals surface area contributed by atoms with Crippen molar-refractivity contribution in [3.63, 3.8) is 0 Å². The van der Waals surface area contributed by atoms with Gasteiger partial charge in [0.05, 0.1) is 0 Å². The van der Waals surface area contributed by atoms with Crippen LogP contribution in [0, 0.1) is 0 Å². The van der Waals surface area contributed by atoms with Crippen LogP contribution in [-0.2, 0) is 11.2 Å². The van der Waals surface area contributed by atoms with Crippen LogP contribution in [0.3, 0.4) is 0 Å². The van der Waals surface area contributed by atoms with Crippen molar-refractivity contribution in [3.05, 3.63) is 35.0 Å². The summed E-state index contributed by atoms with van der Waals surface area (Å²) in [5.74, 6) is -0.140. The molecule has 90 valence electrons. The van der Waals surface area contributed by atoms with Crippen LogP contribution in [0.5, 0.6) is 0 Å². The molecule has 2 rings (SSSR count). The molecule has 0 saturated heterocycles. The predicted molar refractivity (Wildman–Crippen MR) is 70.7 cm³/mol. The summed E-state index contributed by atoms with van der Waals surface area (Å²) in [4.78, 5) is 14.1. The van der Waals surface area contributed by atoms with E-state index in [2.05, 4.69) is 10.3 Å². The van der Waals surface area contributed by atoms with E-state index in [0.29, 0.717) is 11.6 Å². The van der Waals surface area contributed by atoms with Crippen molar-refractivity contribution in [1.82, 2.24) is 10.3 Å². The zero-order valence-corrected chi connectivity index (χ0v) is 10.6. The molecule has 3 nitrogen and oxygen atoms in total. The molecule has 1 heterocycles. The number of carbonyl (C=O) groups excluding carboxylic acids is 1. The molecule has 0 radical (unpaired) electrons. The first-order valence-electron chi connectivity index (χ1n) is 5.29. The van der Waals surface area contributed by atoms with Crippen LogP contribution in [0.1, 0.15) is 5.56 Å². The Morgan fingerprint density at radius 1 is 1.41 bits per heavy atom. The highest BCUT2D eigenvalue weighted by molar-refractivity contribution is 6.31. The van der Waals surface area contributed by atoms with E-state index >= 15 is 0 Å². The fraction of sp³-hybridized carbons (Fsp3) is 0.250. The van der Waals surface area contributed by atoms with Crippen LogP contribution in [0.25, 0.3) is 10.9 Å². The molecular weight excluding hydrogens is 259 g/mol. The number of aromatic amines is 1. The van der Waals surface area contributed by atoms with E-state index in [1.165, 1.54) is 0 Å². The Balaban J connectivity index is 2.06. The zero-order chi connectivity index (χ0) is 12.3. The lowest BCUT2D eigenvalue weighted by atomic mass is 10.1. The van der Waals surface area contributed by atoms with Gasteiger partial charge in [-0.3, -0.25) is 4.79 Å². The highest BCUT2D eigenvalue weighted by atomic mass is 35.5. The number of hydrogen-bond donors (Lipinski definition) is 2. The minimum Gasteiger partial charge on any atom is -0.361 e. The Hall–Kier alpha value is -1.19. The average Bonchev–Trinajstić information content (AvgIpc) is 2.71. The number of nitrogens with one attached hydrogen (secondary N) is 2. The van der Waals surface area contributed by atoms with Crippen LogP contribution in [0.2, 0.25) is 5.02 Å². The summed E-state index contributed by atoms with van der Waals surface area (Å²) in [7, 11) is 0. The lowest BCUT2D eigenvalue weighted by molar-refractivity contribution is -0.118. The molecule has 0 atom stereocenters. The van der Waals surface area contributed by atoms with E-state index in [9.17, 15) is 4.79 Å².